The van der Waals surface area contributed by atoms with Crippen LogP contribution in [0.15, 0.2) is 48.5 Å². The van der Waals surface area contributed by atoms with Crippen LogP contribution in [-0.4, -0.2) is 29.6 Å². The third-order valence-electron chi connectivity index (χ3n) is 6.41. The SMILES string of the molecule is CCN(CC)CCC[C@]1(O)c2ccccc2CCC[C@@H]1c1ccc(C)cc1. The Labute approximate surface area is 165 Å². The lowest BCUT2D eigenvalue weighted by Crippen LogP contribution is -2.35. The minimum Gasteiger partial charge on any atom is -0.385 e. The maximum Gasteiger partial charge on any atom is 0.0967 e. The van der Waals surface area contributed by atoms with E-state index in [-0.39, 0.29) is 5.92 Å². The lowest BCUT2D eigenvalue weighted by atomic mass is 9.73. The molecular weight excluding hydrogens is 330 g/mol. The predicted octanol–water partition coefficient (Wildman–Crippen LogP) is 5.42. The second kappa shape index (κ2) is 9.03. The quantitative estimate of drug-likeness (QED) is 0.662. The fourth-order valence-corrected chi connectivity index (χ4v) is 4.75. The molecule has 2 aromatic carbocycles. The molecular formula is C25H35NO. The number of rotatable bonds is 7. The summed E-state index contributed by atoms with van der Waals surface area (Å²) < 4.78 is 0. The molecule has 2 heteroatoms. The summed E-state index contributed by atoms with van der Waals surface area (Å²) in [5.41, 5.74) is 4.26. The number of aliphatic hydroxyl groups is 1. The van der Waals surface area contributed by atoms with Crippen LogP contribution in [0, 0.1) is 6.92 Å². The van der Waals surface area contributed by atoms with Gasteiger partial charge in [0.05, 0.1) is 5.60 Å². The van der Waals surface area contributed by atoms with Crippen LogP contribution < -0.4 is 0 Å². The van der Waals surface area contributed by atoms with Crippen LogP contribution >= 0.6 is 0 Å². The summed E-state index contributed by atoms with van der Waals surface area (Å²) in [6.07, 6.45) is 5.08. The molecule has 1 aliphatic carbocycles. The molecule has 0 fully saturated rings. The fourth-order valence-electron chi connectivity index (χ4n) is 4.75. The van der Waals surface area contributed by atoms with Crippen molar-refractivity contribution in [2.45, 2.75) is 64.4 Å². The monoisotopic (exact) mass is 365 g/mol. The summed E-state index contributed by atoms with van der Waals surface area (Å²) in [6, 6.07) is 17.4. The van der Waals surface area contributed by atoms with Gasteiger partial charge in [-0.05, 0) is 75.4 Å². The van der Waals surface area contributed by atoms with E-state index in [9.17, 15) is 5.11 Å². The summed E-state index contributed by atoms with van der Waals surface area (Å²) in [5, 5.41) is 12.1. The maximum absolute atomic E-state index is 12.1. The van der Waals surface area contributed by atoms with Gasteiger partial charge in [0, 0.05) is 5.92 Å². The van der Waals surface area contributed by atoms with E-state index in [1.165, 1.54) is 16.7 Å². The van der Waals surface area contributed by atoms with E-state index in [2.05, 4.69) is 74.2 Å². The van der Waals surface area contributed by atoms with E-state index in [4.69, 9.17) is 0 Å². The molecule has 146 valence electrons. The maximum atomic E-state index is 12.1. The van der Waals surface area contributed by atoms with Crippen molar-refractivity contribution in [1.29, 1.82) is 0 Å². The highest BCUT2D eigenvalue weighted by Crippen LogP contribution is 2.47. The molecule has 2 aromatic rings. The Morgan fingerprint density at radius 2 is 1.74 bits per heavy atom. The Kier molecular flexibility index (Phi) is 6.73. The first-order valence-electron chi connectivity index (χ1n) is 10.7. The van der Waals surface area contributed by atoms with E-state index < -0.39 is 5.60 Å². The van der Waals surface area contributed by atoms with Gasteiger partial charge in [0.1, 0.15) is 0 Å². The zero-order chi connectivity index (χ0) is 19.3. The summed E-state index contributed by atoms with van der Waals surface area (Å²) >= 11 is 0. The van der Waals surface area contributed by atoms with Crippen molar-refractivity contribution in [2.75, 3.05) is 19.6 Å². The van der Waals surface area contributed by atoms with Crippen molar-refractivity contribution >= 4 is 0 Å². The molecule has 0 aromatic heterocycles. The number of hydrogen-bond acceptors (Lipinski definition) is 2. The standard InChI is InChI=1S/C25H35NO/c1-4-26(5-2)19-9-18-25(27)23-12-7-6-10-21(23)11-8-13-24(25)22-16-14-20(3)15-17-22/h6-7,10,12,14-17,24,27H,4-5,8-9,11,13,18-19H2,1-3H3/t24-,25+/m1/s1. The van der Waals surface area contributed by atoms with Crippen molar-refractivity contribution in [2.24, 2.45) is 0 Å². The Hall–Kier alpha value is -1.64. The van der Waals surface area contributed by atoms with Gasteiger partial charge >= 0.3 is 0 Å². The van der Waals surface area contributed by atoms with Crippen LogP contribution in [0.3, 0.4) is 0 Å². The van der Waals surface area contributed by atoms with Crippen LogP contribution in [0.4, 0.5) is 0 Å². The van der Waals surface area contributed by atoms with Gasteiger partial charge in [0.2, 0.25) is 0 Å². The van der Waals surface area contributed by atoms with Gasteiger partial charge in [0.25, 0.3) is 0 Å². The van der Waals surface area contributed by atoms with Gasteiger partial charge in [0.15, 0.2) is 0 Å². The first-order chi connectivity index (χ1) is 13.1. The lowest BCUT2D eigenvalue weighted by molar-refractivity contribution is -0.00671. The normalized spacial score (nSPS) is 22.5. The minimum absolute atomic E-state index is 0.165. The Balaban J connectivity index is 1.94. The molecule has 0 spiro atoms. The molecule has 0 radical (unpaired) electrons. The number of aryl methyl sites for hydroxylation is 2. The molecule has 0 aliphatic heterocycles. The first-order valence-corrected chi connectivity index (χ1v) is 10.7. The topological polar surface area (TPSA) is 23.5 Å². The molecule has 0 saturated heterocycles. The van der Waals surface area contributed by atoms with Gasteiger partial charge < -0.3 is 10.0 Å². The van der Waals surface area contributed by atoms with Crippen molar-refractivity contribution in [1.82, 2.24) is 4.90 Å². The summed E-state index contributed by atoms with van der Waals surface area (Å²) in [4.78, 5) is 2.45. The van der Waals surface area contributed by atoms with E-state index in [0.29, 0.717) is 0 Å². The molecule has 1 aliphatic rings. The highest BCUT2D eigenvalue weighted by Gasteiger charge is 2.41. The van der Waals surface area contributed by atoms with Crippen LogP contribution in [-0.2, 0) is 12.0 Å². The first kappa shape index (κ1) is 20.1. The largest absolute Gasteiger partial charge is 0.385 e. The van der Waals surface area contributed by atoms with E-state index in [1.807, 2.05) is 0 Å². The lowest BCUT2D eigenvalue weighted by Gasteiger charge is -2.37. The summed E-state index contributed by atoms with van der Waals surface area (Å²) in [5.74, 6) is 0.165. The number of hydrogen-bond donors (Lipinski definition) is 1. The van der Waals surface area contributed by atoms with E-state index >= 15 is 0 Å². The van der Waals surface area contributed by atoms with Crippen molar-refractivity contribution in [3.05, 3.63) is 70.8 Å². The number of benzene rings is 2. The van der Waals surface area contributed by atoms with Crippen molar-refractivity contribution in [3.63, 3.8) is 0 Å². The summed E-state index contributed by atoms with van der Waals surface area (Å²) in [7, 11) is 0. The molecule has 3 rings (SSSR count). The highest BCUT2D eigenvalue weighted by atomic mass is 16.3. The smallest absolute Gasteiger partial charge is 0.0967 e. The van der Waals surface area contributed by atoms with Gasteiger partial charge in [-0.3, -0.25) is 0 Å². The molecule has 2 atom stereocenters. The third-order valence-corrected chi connectivity index (χ3v) is 6.41. The number of fused-ring (bicyclic) bond motifs is 1. The average Bonchev–Trinajstić information content (AvgIpc) is 2.83. The molecule has 27 heavy (non-hydrogen) atoms. The van der Waals surface area contributed by atoms with Crippen LogP contribution in [0.1, 0.15) is 67.7 Å². The van der Waals surface area contributed by atoms with E-state index in [1.54, 1.807) is 0 Å². The Morgan fingerprint density at radius 3 is 2.44 bits per heavy atom. The molecule has 0 saturated carbocycles. The minimum atomic E-state index is -0.782. The second-order valence-corrected chi connectivity index (χ2v) is 8.07. The number of nitrogens with zero attached hydrogens (tertiary/aromatic N) is 1. The van der Waals surface area contributed by atoms with Crippen LogP contribution in [0.25, 0.3) is 0 Å². The molecule has 0 unspecified atom stereocenters. The zero-order valence-electron chi connectivity index (χ0n) is 17.2. The van der Waals surface area contributed by atoms with Crippen LogP contribution in [0.5, 0.6) is 0 Å². The van der Waals surface area contributed by atoms with Crippen molar-refractivity contribution < 1.29 is 5.11 Å². The van der Waals surface area contributed by atoms with E-state index in [0.717, 1.165) is 57.3 Å². The van der Waals surface area contributed by atoms with Gasteiger partial charge in [-0.2, -0.15) is 0 Å². The third kappa shape index (κ3) is 4.44. The molecule has 1 N–H and O–H groups in total. The van der Waals surface area contributed by atoms with Gasteiger partial charge in [-0.1, -0.05) is 67.9 Å². The zero-order valence-corrected chi connectivity index (χ0v) is 17.2. The highest BCUT2D eigenvalue weighted by molar-refractivity contribution is 5.39. The molecule has 2 nitrogen and oxygen atoms in total. The predicted molar refractivity (Wildman–Crippen MR) is 114 cm³/mol. The molecule has 0 heterocycles. The molecule has 0 amide bonds. The molecule has 0 bridgehead atoms. The van der Waals surface area contributed by atoms with Gasteiger partial charge in [-0.25, -0.2) is 0 Å². The van der Waals surface area contributed by atoms with Crippen LogP contribution in [0.2, 0.25) is 0 Å². The van der Waals surface area contributed by atoms with Crippen molar-refractivity contribution in [3.8, 4) is 0 Å². The fraction of sp³-hybridized carbons (Fsp3) is 0.520. The Morgan fingerprint density at radius 1 is 1.04 bits per heavy atom. The second-order valence-electron chi connectivity index (χ2n) is 8.07. The summed E-state index contributed by atoms with van der Waals surface area (Å²) in [6.45, 7) is 9.77. The Bertz CT molecular complexity index is 719. The van der Waals surface area contributed by atoms with Gasteiger partial charge in [-0.15, -0.1) is 0 Å². The average molecular weight is 366 g/mol.